The molecule has 1 aliphatic rings. The number of aldehydes is 1. The van der Waals surface area contributed by atoms with Crippen molar-refractivity contribution in [3.8, 4) is 34.5 Å². The third kappa shape index (κ3) is 22.0. The largest absolute Gasteiger partial charge is 0.494 e. The number of aryl methyl sites for hydroxylation is 1. The second kappa shape index (κ2) is 33.6. The van der Waals surface area contributed by atoms with Crippen LogP contribution in [0.4, 0.5) is 0 Å². The highest BCUT2D eigenvalue weighted by atomic mass is 17.2. The van der Waals surface area contributed by atoms with Crippen molar-refractivity contribution in [2.24, 2.45) is 11.8 Å². The Balaban J connectivity index is 0.000000427. The van der Waals surface area contributed by atoms with Crippen molar-refractivity contribution in [1.82, 2.24) is 0 Å². The molecule has 1 aliphatic carbocycles. The molecule has 4 aromatic rings. The first-order valence-electron chi connectivity index (χ1n) is 24.2. The molecule has 0 aliphatic heterocycles. The first-order valence-corrected chi connectivity index (χ1v) is 24.2. The normalized spacial score (nSPS) is 13.8. The van der Waals surface area contributed by atoms with Crippen molar-refractivity contribution < 1.29 is 76.7 Å². The summed E-state index contributed by atoms with van der Waals surface area (Å²) in [5, 5.41) is 0. The maximum atomic E-state index is 12.8. The van der Waals surface area contributed by atoms with Gasteiger partial charge in [-0.05, 0) is 162 Å². The van der Waals surface area contributed by atoms with Gasteiger partial charge in [0.05, 0.1) is 58.7 Å². The summed E-state index contributed by atoms with van der Waals surface area (Å²) in [4.78, 5) is 78.9. The number of benzene rings is 4. The molecule has 16 nitrogen and oxygen atoms in total. The molecule has 0 saturated heterocycles. The van der Waals surface area contributed by atoms with Gasteiger partial charge in [-0.2, -0.15) is 4.89 Å². The minimum atomic E-state index is -0.555. The van der Waals surface area contributed by atoms with Crippen LogP contribution in [0.3, 0.4) is 0 Å². The Hall–Kier alpha value is -7.01. The molecule has 4 aromatic carbocycles. The molecule has 0 heterocycles. The first-order chi connectivity index (χ1) is 35.0. The van der Waals surface area contributed by atoms with E-state index in [0.29, 0.717) is 86.6 Å². The number of ether oxygens (including phenoxy) is 7. The maximum absolute atomic E-state index is 12.8. The van der Waals surface area contributed by atoms with E-state index in [-0.39, 0.29) is 29.5 Å². The van der Waals surface area contributed by atoms with Crippen LogP contribution in [0.5, 0.6) is 34.5 Å². The maximum Gasteiger partial charge on any atom is 0.343 e. The molecule has 16 heteroatoms. The lowest BCUT2D eigenvalue weighted by Crippen LogP contribution is -2.27. The van der Waals surface area contributed by atoms with Crippen LogP contribution in [0.2, 0.25) is 0 Å². The molecule has 5 rings (SSSR count). The molecule has 1 fully saturated rings. The van der Waals surface area contributed by atoms with Gasteiger partial charge in [0.1, 0.15) is 30.1 Å². The zero-order valence-electron chi connectivity index (χ0n) is 41.6. The Morgan fingerprint density at radius 2 is 1.15 bits per heavy atom. The van der Waals surface area contributed by atoms with Crippen molar-refractivity contribution in [2.75, 3.05) is 47.3 Å². The molecule has 0 spiro atoms. The molecule has 72 heavy (non-hydrogen) atoms. The van der Waals surface area contributed by atoms with Gasteiger partial charge in [-0.1, -0.05) is 31.4 Å². The van der Waals surface area contributed by atoms with E-state index >= 15 is 0 Å². The Bertz CT molecular complexity index is 2280. The van der Waals surface area contributed by atoms with Crippen LogP contribution < -0.4 is 28.6 Å². The highest BCUT2D eigenvalue weighted by molar-refractivity contribution is 5.91. The van der Waals surface area contributed by atoms with E-state index in [1.165, 1.54) is 20.3 Å². The predicted octanol–water partition coefficient (Wildman–Crippen LogP) is 10.9. The van der Waals surface area contributed by atoms with E-state index in [1.54, 1.807) is 60.7 Å². The summed E-state index contributed by atoms with van der Waals surface area (Å²) in [7, 11) is 2.95. The Labute approximate surface area is 422 Å². The van der Waals surface area contributed by atoms with Gasteiger partial charge in [-0.3, -0.25) is 9.59 Å². The smallest absolute Gasteiger partial charge is 0.343 e. The van der Waals surface area contributed by atoms with Gasteiger partial charge in [0.15, 0.2) is 17.2 Å². The van der Waals surface area contributed by atoms with Crippen molar-refractivity contribution in [2.45, 2.75) is 90.6 Å². The van der Waals surface area contributed by atoms with Crippen molar-refractivity contribution in [3.05, 3.63) is 132 Å². The third-order valence-corrected chi connectivity index (χ3v) is 11.4. The lowest BCUT2D eigenvalue weighted by molar-refractivity contribution is -0.282. The number of esters is 4. The van der Waals surface area contributed by atoms with Crippen molar-refractivity contribution in [3.63, 3.8) is 0 Å². The van der Waals surface area contributed by atoms with Crippen LogP contribution in [0, 0.1) is 18.8 Å². The third-order valence-electron chi connectivity index (χ3n) is 11.4. The average molecular weight is 997 g/mol. The van der Waals surface area contributed by atoms with Gasteiger partial charge in [0, 0.05) is 23.8 Å². The summed E-state index contributed by atoms with van der Waals surface area (Å²) < 4.78 is 37.8. The zero-order chi connectivity index (χ0) is 51.8. The topological polar surface area (TPSA) is 187 Å². The predicted molar refractivity (Wildman–Crippen MR) is 267 cm³/mol. The summed E-state index contributed by atoms with van der Waals surface area (Å²) >= 11 is 0. The fourth-order valence-corrected chi connectivity index (χ4v) is 7.17. The summed E-state index contributed by atoms with van der Waals surface area (Å²) in [6, 6.07) is 24.2. The fourth-order valence-electron chi connectivity index (χ4n) is 7.17. The average Bonchev–Trinajstić information content (AvgIpc) is 3.41. The molecular formula is C56H68O16. The van der Waals surface area contributed by atoms with Gasteiger partial charge in [0.25, 0.3) is 0 Å². The van der Waals surface area contributed by atoms with Crippen LogP contribution >= 0.6 is 0 Å². The molecule has 0 atom stereocenters. The summed E-state index contributed by atoms with van der Waals surface area (Å²) in [5.74, 6) is 1.16. The van der Waals surface area contributed by atoms with Crippen molar-refractivity contribution in [1.29, 1.82) is 0 Å². The summed E-state index contributed by atoms with van der Waals surface area (Å²) in [6.07, 6.45) is 13.4. The highest BCUT2D eigenvalue weighted by Crippen LogP contribution is 2.34. The van der Waals surface area contributed by atoms with Gasteiger partial charge < -0.3 is 38.0 Å². The number of methoxy groups -OCH3 is 1. The second-order valence-corrected chi connectivity index (χ2v) is 16.7. The molecule has 0 bridgehead atoms. The highest BCUT2D eigenvalue weighted by Gasteiger charge is 2.28. The van der Waals surface area contributed by atoms with E-state index < -0.39 is 11.9 Å². The molecule has 0 radical (unpaired) electrons. The van der Waals surface area contributed by atoms with Crippen LogP contribution in [0.15, 0.2) is 110 Å². The molecule has 0 amide bonds. The first kappa shape index (κ1) is 57.6. The standard InChI is InChI=1S/C39H44O11.C17H24O5/c1-4-37(41)46-22-8-6-5-7-21-45-32-17-14-30(15-18-32)39(43)49-35-20-19-34(24-36(35)44-3)50-47-26-28-10-12-29(13-11-28)38(42)48-33-16-9-27(2)31(23-33)25-40;1-3-17(18)21-13-7-5-4-6-12-20-16-10-8-15(9-11-16)14-22-19-2/h4,9,14-20,23-25,28-29H,1,5-8,10-13,21-22,26H2,2-3H3;3,8-11H,1,4-7,12-14H2,2H3. The van der Waals surface area contributed by atoms with Gasteiger partial charge in [-0.15, -0.1) is 0 Å². The molecule has 0 unspecified atom stereocenters. The second-order valence-electron chi connectivity index (χ2n) is 16.7. The fraction of sp³-hybridized carbons (Fsp3) is 0.411. The minimum Gasteiger partial charge on any atom is -0.494 e. The number of rotatable bonds is 31. The number of hydrogen-bond donors (Lipinski definition) is 0. The molecular weight excluding hydrogens is 929 g/mol. The van der Waals surface area contributed by atoms with Crippen LogP contribution in [0.25, 0.3) is 0 Å². The van der Waals surface area contributed by atoms with E-state index in [9.17, 15) is 24.0 Å². The molecule has 1 saturated carbocycles. The summed E-state index contributed by atoms with van der Waals surface area (Å²) in [5.41, 5.74) is 2.71. The Morgan fingerprint density at radius 1 is 0.597 bits per heavy atom. The van der Waals surface area contributed by atoms with E-state index in [2.05, 4.69) is 18.0 Å². The number of unbranched alkanes of at least 4 members (excludes halogenated alkanes) is 6. The van der Waals surface area contributed by atoms with Crippen LogP contribution in [0.1, 0.15) is 109 Å². The molecule has 388 valence electrons. The lowest BCUT2D eigenvalue weighted by atomic mass is 9.82. The van der Waals surface area contributed by atoms with Crippen LogP contribution in [-0.2, 0) is 45.1 Å². The number of hydrogen-bond acceptors (Lipinski definition) is 16. The van der Waals surface area contributed by atoms with Gasteiger partial charge >= 0.3 is 23.9 Å². The van der Waals surface area contributed by atoms with Gasteiger partial charge in [0.2, 0.25) is 0 Å². The zero-order valence-corrected chi connectivity index (χ0v) is 41.6. The Morgan fingerprint density at radius 3 is 1.71 bits per heavy atom. The Kier molecular flexibility index (Phi) is 26.8. The quantitative estimate of drug-likeness (QED) is 0.00880. The minimum absolute atomic E-state index is 0.214. The van der Waals surface area contributed by atoms with Crippen LogP contribution in [-0.4, -0.2) is 77.4 Å². The number of carbonyl (C=O) groups excluding carboxylic acids is 5. The SMILES string of the molecule is C=CC(=O)OCCCCCCOc1ccc(C(=O)Oc2ccc(OOCC3CCC(C(=O)Oc4ccc(C)c(C=O)c4)CC3)cc2OC)cc1.C=CC(=O)OCCCCCCOc1ccc(COOC)cc1. The monoisotopic (exact) mass is 996 g/mol. The molecule has 0 aromatic heterocycles. The lowest BCUT2D eigenvalue weighted by Gasteiger charge is -2.26. The summed E-state index contributed by atoms with van der Waals surface area (Å²) in [6.45, 7) is 11.4. The molecule has 0 N–H and O–H groups in total. The van der Waals surface area contributed by atoms with Crippen molar-refractivity contribution >= 4 is 30.2 Å². The van der Waals surface area contributed by atoms with E-state index in [1.807, 2.05) is 31.2 Å². The van der Waals surface area contributed by atoms with E-state index in [4.69, 9.17) is 47.8 Å². The number of carbonyl (C=O) groups is 5. The van der Waals surface area contributed by atoms with Gasteiger partial charge in [-0.25, -0.2) is 24.2 Å². The van der Waals surface area contributed by atoms with E-state index in [0.717, 1.165) is 93.4 Å².